The summed E-state index contributed by atoms with van der Waals surface area (Å²) in [6.45, 7) is 8.19. The third-order valence-electron chi connectivity index (χ3n) is 3.79. The summed E-state index contributed by atoms with van der Waals surface area (Å²) >= 11 is 0. The minimum Gasteiger partial charge on any atom is -0.496 e. The van der Waals surface area contributed by atoms with Crippen LogP contribution in [0.1, 0.15) is 42.0 Å². The normalized spacial score (nSPS) is 13.4. The summed E-state index contributed by atoms with van der Waals surface area (Å²) in [6, 6.07) is 2.10. The van der Waals surface area contributed by atoms with Gasteiger partial charge in [-0.15, -0.1) is 0 Å². The van der Waals surface area contributed by atoms with Gasteiger partial charge in [-0.05, 0) is 43.9 Å². The molecule has 1 heterocycles. The van der Waals surface area contributed by atoms with Crippen LogP contribution in [0.2, 0.25) is 0 Å². The van der Waals surface area contributed by atoms with E-state index in [0.29, 0.717) is 13.0 Å². The molecule has 0 radical (unpaired) electrons. The van der Waals surface area contributed by atoms with Crippen molar-refractivity contribution in [2.45, 2.75) is 39.7 Å². The van der Waals surface area contributed by atoms with E-state index in [2.05, 4.69) is 31.7 Å². The summed E-state index contributed by atoms with van der Waals surface area (Å²) in [4.78, 5) is 10.9. The van der Waals surface area contributed by atoms with Gasteiger partial charge >= 0.3 is 0 Å². The fraction of sp³-hybridized carbons (Fsp3) is 0.389. The van der Waals surface area contributed by atoms with E-state index in [-0.39, 0.29) is 5.78 Å². The van der Waals surface area contributed by atoms with Crippen molar-refractivity contribution in [2.75, 3.05) is 7.11 Å². The van der Waals surface area contributed by atoms with Gasteiger partial charge < -0.3 is 14.3 Å². The first-order chi connectivity index (χ1) is 10.0. The third kappa shape index (κ3) is 3.35. The van der Waals surface area contributed by atoms with Gasteiger partial charge in [0.15, 0.2) is 0 Å². The zero-order valence-electron chi connectivity index (χ0n) is 13.0. The summed E-state index contributed by atoms with van der Waals surface area (Å²) in [5.74, 6) is 1.87. The molecule has 2 rings (SSSR count). The van der Waals surface area contributed by atoms with E-state index in [4.69, 9.17) is 9.47 Å². The van der Waals surface area contributed by atoms with Crippen molar-refractivity contribution >= 4 is 11.5 Å². The highest BCUT2D eigenvalue weighted by molar-refractivity contribution is 5.75. The summed E-state index contributed by atoms with van der Waals surface area (Å²) in [5, 5.41) is 0. The number of carbonyl (C=O) groups excluding carboxylic acids is 1. The Labute approximate surface area is 126 Å². The minimum absolute atomic E-state index is 0.221. The van der Waals surface area contributed by atoms with Crippen LogP contribution in [0.5, 0.6) is 5.75 Å². The lowest BCUT2D eigenvalue weighted by Gasteiger charge is -2.13. The molecule has 0 atom stereocenters. The molecule has 0 N–H and O–H groups in total. The van der Waals surface area contributed by atoms with E-state index >= 15 is 0 Å². The van der Waals surface area contributed by atoms with Crippen molar-refractivity contribution < 1.29 is 14.3 Å². The van der Waals surface area contributed by atoms with Crippen LogP contribution in [0, 0.1) is 6.92 Å². The quantitative estimate of drug-likeness (QED) is 0.742. The molecular formula is C18H22O3. The smallest absolute Gasteiger partial charge is 0.130 e. The third-order valence-corrected chi connectivity index (χ3v) is 3.79. The summed E-state index contributed by atoms with van der Waals surface area (Å²) in [5.41, 5.74) is 4.50. The Balaban J connectivity index is 2.19. The van der Waals surface area contributed by atoms with Crippen LogP contribution in [0.3, 0.4) is 0 Å². The number of Topliss-reactive ketones (excluding diaryl/α,β-unsaturated/α-hetero) is 1. The molecule has 0 bridgehead atoms. The number of ether oxygens (including phenoxy) is 2. The number of benzene rings is 1. The number of allylic oxidation sites excluding steroid dienone is 2. The zero-order valence-corrected chi connectivity index (χ0v) is 13.0. The monoisotopic (exact) mass is 286 g/mol. The molecule has 1 aromatic rings. The van der Waals surface area contributed by atoms with E-state index in [1.807, 2.05) is 0 Å². The second-order valence-electron chi connectivity index (χ2n) is 5.35. The van der Waals surface area contributed by atoms with E-state index in [9.17, 15) is 4.79 Å². The van der Waals surface area contributed by atoms with Gasteiger partial charge in [-0.2, -0.15) is 0 Å². The van der Waals surface area contributed by atoms with E-state index in [1.165, 1.54) is 5.56 Å². The van der Waals surface area contributed by atoms with Gasteiger partial charge in [-0.25, -0.2) is 0 Å². The lowest BCUT2D eigenvalue weighted by molar-refractivity contribution is -0.116. The molecule has 1 aromatic carbocycles. The van der Waals surface area contributed by atoms with Crippen molar-refractivity contribution in [3.63, 3.8) is 0 Å². The Morgan fingerprint density at radius 2 is 2.24 bits per heavy atom. The van der Waals surface area contributed by atoms with Crippen LogP contribution in [0.4, 0.5) is 0 Å². The molecular weight excluding hydrogens is 264 g/mol. The highest BCUT2D eigenvalue weighted by Crippen LogP contribution is 2.38. The van der Waals surface area contributed by atoms with Crippen molar-refractivity contribution in [1.82, 2.24) is 0 Å². The molecule has 0 aromatic heterocycles. The van der Waals surface area contributed by atoms with Gasteiger partial charge in [0, 0.05) is 17.5 Å². The Hall–Kier alpha value is -2.03. The molecule has 21 heavy (non-hydrogen) atoms. The first kappa shape index (κ1) is 15.4. The number of methoxy groups -OCH3 is 1. The standard InChI is InChI=1S/C18H22O3/c1-12(19)8-6-5-7-9-15-10-16-14(3)21-11-17(16)13(2)18(15)20-4/h5,7,10H,3,6,8-9,11H2,1-2,4H3/b7-5+. The SMILES string of the molecule is C=C1OCc2c1cc(C/C=C/CCC(C)=O)c(OC)c2C. The van der Waals surface area contributed by atoms with Gasteiger partial charge in [-0.1, -0.05) is 18.7 Å². The molecule has 112 valence electrons. The maximum atomic E-state index is 10.9. The molecule has 0 saturated heterocycles. The second kappa shape index (κ2) is 6.61. The van der Waals surface area contributed by atoms with Crippen molar-refractivity contribution in [3.05, 3.63) is 47.1 Å². The maximum Gasteiger partial charge on any atom is 0.130 e. The molecule has 0 saturated carbocycles. The molecule has 0 unspecified atom stereocenters. The van der Waals surface area contributed by atoms with Crippen LogP contribution in [-0.2, 0) is 22.6 Å². The van der Waals surface area contributed by atoms with Crippen LogP contribution in [-0.4, -0.2) is 12.9 Å². The number of fused-ring (bicyclic) bond motifs is 1. The van der Waals surface area contributed by atoms with E-state index in [0.717, 1.165) is 41.0 Å². The molecule has 0 aliphatic carbocycles. The predicted molar refractivity (Wildman–Crippen MR) is 84.3 cm³/mol. The fourth-order valence-corrected chi connectivity index (χ4v) is 2.63. The lowest BCUT2D eigenvalue weighted by atomic mass is 9.96. The number of rotatable bonds is 6. The zero-order chi connectivity index (χ0) is 15.4. The highest BCUT2D eigenvalue weighted by atomic mass is 16.5. The average molecular weight is 286 g/mol. The Morgan fingerprint density at radius 1 is 1.48 bits per heavy atom. The maximum absolute atomic E-state index is 10.9. The summed E-state index contributed by atoms with van der Waals surface area (Å²) < 4.78 is 11.1. The highest BCUT2D eigenvalue weighted by Gasteiger charge is 2.22. The molecule has 0 amide bonds. The van der Waals surface area contributed by atoms with Crippen molar-refractivity contribution in [3.8, 4) is 5.75 Å². The van der Waals surface area contributed by atoms with Crippen LogP contribution < -0.4 is 4.74 Å². The van der Waals surface area contributed by atoms with Crippen LogP contribution >= 0.6 is 0 Å². The largest absolute Gasteiger partial charge is 0.496 e. The molecule has 0 fully saturated rings. The molecule has 3 nitrogen and oxygen atoms in total. The Morgan fingerprint density at radius 3 is 2.90 bits per heavy atom. The van der Waals surface area contributed by atoms with Crippen LogP contribution in [0.25, 0.3) is 5.76 Å². The summed E-state index contributed by atoms with van der Waals surface area (Å²) in [6.07, 6.45) is 6.31. The summed E-state index contributed by atoms with van der Waals surface area (Å²) in [7, 11) is 1.70. The minimum atomic E-state index is 0.221. The first-order valence-corrected chi connectivity index (χ1v) is 7.20. The van der Waals surface area contributed by atoms with Gasteiger partial charge in [-0.3, -0.25) is 0 Å². The van der Waals surface area contributed by atoms with Gasteiger partial charge in [0.2, 0.25) is 0 Å². The molecule has 0 spiro atoms. The van der Waals surface area contributed by atoms with Gasteiger partial charge in [0.1, 0.15) is 23.9 Å². The Kier molecular flexibility index (Phi) is 4.84. The van der Waals surface area contributed by atoms with Crippen LogP contribution in [0.15, 0.2) is 24.8 Å². The number of ketones is 1. The number of carbonyl (C=O) groups is 1. The van der Waals surface area contributed by atoms with Gasteiger partial charge in [0.25, 0.3) is 0 Å². The number of hydrogen-bond acceptors (Lipinski definition) is 3. The first-order valence-electron chi connectivity index (χ1n) is 7.20. The second-order valence-corrected chi connectivity index (χ2v) is 5.35. The van der Waals surface area contributed by atoms with Gasteiger partial charge in [0.05, 0.1) is 7.11 Å². The topological polar surface area (TPSA) is 35.5 Å². The molecule has 1 aliphatic heterocycles. The number of hydrogen-bond donors (Lipinski definition) is 0. The lowest BCUT2D eigenvalue weighted by Crippen LogP contribution is -1.99. The predicted octanol–water partition coefficient (Wildman–Crippen LogP) is 3.97. The average Bonchev–Trinajstić information content (AvgIpc) is 2.80. The molecule has 1 aliphatic rings. The Bertz CT molecular complexity index is 597. The van der Waals surface area contributed by atoms with E-state index < -0.39 is 0 Å². The van der Waals surface area contributed by atoms with Crippen molar-refractivity contribution in [1.29, 1.82) is 0 Å². The molecule has 3 heteroatoms. The fourth-order valence-electron chi connectivity index (χ4n) is 2.63. The van der Waals surface area contributed by atoms with Crippen molar-refractivity contribution in [2.24, 2.45) is 0 Å². The van der Waals surface area contributed by atoms with E-state index in [1.54, 1.807) is 14.0 Å².